The number of likely N-dealkylation sites (tertiary alicyclic amines) is 1. The fourth-order valence-corrected chi connectivity index (χ4v) is 4.06. The second kappa shape index (κ2) is 6.73. The van der Waals surface area contributed by atoms with E-state index in [2.05, 4.69) is 5.10 Å². The topological polar surface area (TPSA) is 91.4 Å². The van der Waals surface area contributed by atoms with Crippen molar-refractivity contribution < 1.29 is 9.53 Å². The van der Waals surface area contributed by atoms with Crippen LogP contribution in [0.3, 0.4) is 0 Å². The fraction of sp³-hybridized carbons (Fsp3) is 0.579. The summed E-state index contributed by atoms with van der Waals surface area (Å²) in [6.45, 7) is 5.95. The summed E-state index contributed by atoms with van der Waals surface area (Å²) in [6, 6.07) is 2.88. The SMILES string of the molecule is CCCn1nc2n(c1=O)CC1(CCN(C(=O)c3cc(=O)cc(C)n3C)C1)OC2. The average Bonchev–Trinajstić information content (AvgIpc) is 3.21. The maximum Gasteiger partial charge on any atom is 0.346 e. The van der Waals surface area contributed by atoms with Gasteiger partial charge in [-0.2, -0.15) is 5.10 Å². The molecule has 4 heterocycles. The first kappa shape index (κ1) is 18.7. The van der Waals surface area contributed by atoms with Crippen molar-refractivity contribution in [1.82, 2.24) is 23.8 Å². The van der Waals surface area contributed by atoms with Crippen molar-refractivity contribution >= 4 is 5.91 Å². The molecule has 2 aliphatic heterocycles. The second-order valence-corrected chi connectivity index (χ2v) is 7.73. The van der Waals surface area contributed by atoms with E-state index in [0.29, 0.717) is 44.1 Å². The summed E-state index contributed by atoms with van der Waals surface area (Å²) < 4.78 is 11.0. The lowest BCUT2D eigenvalue weighted by Crippen LogP contribution is -2.47. The number of carbonyl (C=O) groups excluding carboxylic acids is 1. The van der Waals surface area contributed by atoms with E-state index in [1.807, 2.05) is 6.92 Å². The largest absolute Gasteiger partial charge is 0.363 e. The first-order chi connectivity index (χ1) is 13.3. The van der Waals surface area contributed by atoms with Crippen LogP contribution in [0.2, 0.25) is 0 Å². The molecule has 2 aliphatic rings. The monoisotopic (exact) mass is 387 g/mol. The zero-order chi connectivity index (χ0) is 20.1. The Balaban J connectivity index is 1.57. The Kier molecular flexibility index (Phi) is 4.49. The zero-order valence-electron chi connectivity index (χ0n) is 16.5. The molecule has 0 N–H and O–H groups in total. The fourth-order valence-electron chi connectivity index (χ4n) is 4.06. The normalized spacial score (nSPS) is 21.3. The Morgan fingerprint density at radius 2 is 2.07 bits per heavy atom. The van der Waals surface area contributed by atoms with Gasteiger partial charge in [0.15, 0.2) is 11.3 Å². The van der Waals surface area contributed by atoms with E-state index in [4.69, 9.17) is 4.74 Å². The number of fused-ring (bicyclic) bond motifs is 1. The number of aryl methyl sites for hydroxylation is 2. The first-order valence-corrected chi connectivity index (χ1v) is 9.61. The van der Waals surface area contributed by atoms with Crippen LogP contribution in [0.25, 0.3) is 0 Å². The van der Waals surface area contributed by atoms with Crippen LogP contribution in [0, 0.1) is 6.92 Å². The van der Waals surface area contributed by atoms with E-state index < -0.39 is 5.60 Å². The van der Waals surface area contributed by atoms with Crippen LogP contribution in [0.15, 0.2) is 21.7 Å². The molecule has 0 aliphatic carbocycles. The predicted octanol–water partition coefficient (Wildman–Crippen LogP) is 0.277. The Morgan fingerprint density at radius 1 is 1.29 bits per heavy atom. The third-order valence-corrected chi connectivity index (χ3v) is 5.73. The minimum absolute atomic E-state index is 0.120. The standard InChI is InChI=1S/C19H25N5O4/c1-4-6-24-18(27)23-12-19(28-10-16(23)20-24)5-7-22(11-19)17(26)15-9-14(25)8-13(2)21(15)3/h8-9H,4-7,10-12H2,1-3H3. The molecule has 9 nitrogen and oxygen atoms in total. The molecule has 0 bridgehead atoms. The van der Waals surface area contributed by atoms with Gasteiger partial charge in [-0.15, -0.1) is 0 Å². The molecule has 4 rings (SSSR count). The van der Waals surface area contributed by atoms with E-state index in [-0.39, 0.29) is 23.6 Å². The Morgan fingerprint density at radius 3 is 2.82 bits per heavy atom. The summed E-state index contributed by atoms with van der Waals surface area (Å²) in [6.07, 6.45) is 1.48. The molecule has 2 aromatic heterocycles. The number of hydrogen-bond acceptors (Lipinski definition) is 5. The van der Waals surface area contributed by atoms with E-state index in [1.165, 1.54) is 16.8 Å². The van der Waals surface area contributed by atoms with Crippen molar-refractivity contribution in [2.75, 3.05) is 13.1 Å². The summed E-state index contributed by atoms with van der Waals surface area (Å²) in [5.74, 6) is 0.443. The van der Waals surface area contributed by atoms with Gasteiger partial charge in [0.05, 0.1) is 13.1 Å². The maximum absolute atomic E-state index is 13.0. The molecule has 150 valence electrons. The smallest absolute Gasteiger partial charge is 0.346 e. The average molecular weight is 387 g/mol. The second-order valence-electron chi connectivity index (χ2n) is 7.73. The van der Waals surface area contributed by atoms with Gasteiger partial charge in [-0.25, -0.2) is 9.48 Å². The number of aromatic nitrogens is 4. The van der Waals surface area contributed by atoms with Gasteiger partial charge in [-0.1, -0.05) is 6.92 Å². The highest BCUT2D eigenvalue weighted by Gasteiger charge is 2.45. The molecular formula is C19H25N5O4. The molecule has 2 aromatic rings. The number of rotatable bonds is 3. The maximum atomic E-state index is 13.0. The molecule has 1 amide bonds. The van der Waals surface area contributed by atoms with Gasteiger partial charge in [0.1, 0.15) is 17.9 Å². The van der Waals surface area contributed by atoms with E-state index in [0.717, 1.165) is 12.1 Å². The molecule has 0 radical (unpaired) electrons. The van der Waals surface area contributed by atoms with Crippen LogP contribution in [0.4, 0.5) is 0 Å². The van der Waals surface area contributed by atoms with Crippen molar-refractivity contribution in [1.29, 1.82) is 0 Å². The highest BCUT2D eigenvalue weighted by Crippen LogP contribution is 2.32. The van der Waals surface area contributed by atoms with Crippen molar-refractivity contribution in [3.05, 3.63) is 50.1 Å². The molecular weight excluding hydrogens is 362 g/mol. The molecule has 1 atom stereocenters. The Bertz CT molecular complexity index is 1050. The van der Waals surface area contributed by atoms with E-state index in [9.17, 15) is 14.4 Å². The third kappa shape index (κ3) is 2.99. The number of amides is 1. The minimum atomic E-state index is -0.588. The van der Waals surface area contributed by atoms with E-state index >= 15 is 0 Å². The molecule has 0 saturated carbocycles. The van der Waals surface area contributed by atoms with Crippen LogP contribution < -0.4 is 11.1 Å². The van der Waals surface area contributed by atoms with Crippen LogP contribution in [-0.2, 0) is 31.5 Å². The molecule has 1 spiro atoms. The van der Waals surface area contributed by atoms with Crippen LogP contribution in [0.1, 0.15) is 41.8 Å². The summed E-state index contributed by atoms with van der Waals surface area (Å²) in [5, 5.41) is 4.35. The number of pyridine rings is 1. The molecule has 28 heavy (non-hydrogen) atoms. The summed E-state index contributed by atoms with van der Waals surface area (Å²) in [4.78, 5) is 39.2. The summed E-state index contributed by atoms with van der Waals surface area (Å²) in [7, 11) is 1.78. The summed E-state index contributed by atoms with van der Waals surface area (Å²) >= 11 is 0. The first-order valence-electron chi connectivity index (χ1n) is 9.61. The lowest BCUT2D eigenvalue weighted by molar-refractivity contribution is -0.0816. The lowest BCUT2D eigenvalue weighted by atomic mass is 10.0. The minimum Gasteiger partial charge on any atom is -0.363 e. The highest BCUT2D eigenvalue weighted by molar-refractivity contribution is 5.93. The van der Waals surface area contributed by atoms with Gasteiger partial charge in [-0.3, -0.25) is 14.2 Å². The number of carbonyl (C=O) groups is 1. The van der Waals surface area contributed by atoms with Crippen LogP contribution in [-0.4, -0.2) is 48.4 Å². The third-order valence-electron chi connectivity index (χ3n) is 5.73. The number of nitrogens with zero attached hydrogens (tertiary/aromatic N) is 5. The van der Waals surface area contributed by atoms with Crippen molar-refractivity contribution in [2.24, 2.45) is 7.05 Å². The van der Waals surface area contributed by atoms with Crippen molar-refractivity contribution in [3.63, 3.8) is 0 Å². The molecule has 1 saturated heterocycles. The van der Waals surface area contributed by atoms with Gasteiger partial charge in [-0.05, 0) is 19.8 Å². The van der Waals surface area contributed by atoms with Crippen LogP contribution in [0.5, 0.6) is 0 Å². The van der Waals surface area contributed by atoms with Gasteiger partial charge < -0.3 is 14.2 Å². The molecule has 0 aromatic carbocycles. The van der Waals surface area contributed by atoms with Gasteiger partial charge >= 0.3 is 5.69 Å². The number of ether oxygens (including phenoxy) is 1. The van der Waals surface area contributed by atoms with E-state index in [1.54, 1.807) is 28.0 Å². The highest BCUT2D eigenvalue weighted by atomic mass is 16.5. The predicted molar refractivity (Wildman–Crippen MR) is 101 cm³/mol. The molecule has 1 unspecified atom stereocenters. The van der Waals surface area contributed by atoms with Crippen molar-refractivity contribution in [2.45, 2.75) is 52.0 Å². The zero-order valence-corrected chi connectivity index (χ0v) is 16.5. The van der Waals surface area contributed by atoms with Gasteiger partial charge in [0.25, 0.3) is 5.91 Å². The Labute approximate surface area is 162 Å². The van der Waals surface area contributed by atoms with Gasteiger partial charge in [0.2, 0.25) is 0 Å². The Hall–Kier alpha value is -2.68. The van der Waals surface area contributed by atoms with Gasteiger partial charge in [0, 0.05) is 38.0 Å². The molecule has 9 heteroatoms. The van der Waals surface area contributed by atoms with Crippen LogP contribution >= 0.6 is 0 Å². The summed E-state index contributed by atoms with van der Waals surface area (Å²) in [5.41, 5.74) is 0.214. The lowest BCUT2D eigenvalue weighted by Gasteiger charge is -2.33. The quantitative estimate of drug-likeness (QED) is 0.754. The van der Waals surface area contributed by atoms with Crippen molar-refractivity contribution in [3.8, 4) is 0 Å². The number of hydrogen-bond donors (Lipinski definition) is 0. The molecule has 1 fully saturated rings.